The van der Waals surface area contributed by atoms with Gasteiger partial charge in [0.05, 0.1) is 5.25 Å². The van der Waals surface area contributed by atoms with E-state index >= 15 is 0 Å². The van der Waals surface area contributed by atoms with Crippen LogP contribution < -0.4 is 16.6 Å². The van der Waals surface area contributed by atoms with Crippen molar-refractivity contribution < 1.29 is 4.79 Å². The maximum absolute atomic E-state index is 12.1. The molecule has 1 saturated carbocycles. The lowest BCUT2D eigenvalue weighted by molar-refractivity contribution is -0.121. The molecule has 6 nitrogen and oxygen atoms in total. The van der Waals surface area contributed by atoms with Crippen molar-refractivity contribution in [1.82, 2.24) is 15.3 Å². The van der Waals surface area contributed by atoms with E-state index in [1.807, 2.05) is 0 Å². The molecule has 0 spiro atoms. The molecule has 20 heavy (non-hydrogen) atoms. The molecule has 0 saturated heterocycles. The van der Waals surface area contributed by atoms with Gasteiger partial charge in [0.25, 0.3) is 5.56 Å². The number of nitrogens with zero attached hydrogens (tertiary/aromatic N) is 1. The van der Waals surface area contributed by atoms with E-state index in [9.17, 15) is 9.59 Å². The van der Waals surface area contributed by atoms with Crippen molar-refractivity contribution in [2.45, 2.75) is 55.5 Å². The van der Waals surface area contributed by atoms with Gasteiger partial charge in [-0.1, -0.05) is 31.0 Å². The van der Waals surface area contributed by atoms with Crippen molar-refractivity contribution >= 4 is 23.5 Å². The first-order valence-electron chi connectivity index (χ1n) is 6.88. The Morgan fingerprint density at radius 3 is 2.85 bits per heavy atom. The fraction of sp³-hybridized carbons (Fsp3) is 0.615. The van der Waals surface area contributed by atoms with Crippen LogP contribution in [0.3, 0.4) is 0 Å². The van der Waals surface area contributed by atoms with E-state index < -0.39 is 0 Å². The third kappa shape index (κ3) is 4.26. The number of nitrogens with two attached hydrogens (primary N) is 1. The summed E-state index contributed by atoms with van der Waals surface area (Å²) in [6.45, 7) is 1.80. The molecule has 0 radical (unpaired) electrons. The van der Waals surface area contributed by atoms with Gasteiger partial charge in [-0.05, 0) is 19.8 Å². The summed E-state index contributed by atoms with van der Waals surface area (Å²) >= 11 is 1.21. The summed E-state index contributed by atoms with van der Waals surface area (Å²) in [6, 6.07) is 1.50. The predicted molar refractivity (Wildman–Crippen MR) is 79.6 cm³/mol. The number of aromatic nitrogens is 2. The van der Waals surface area contributed by atoms with Crippen molar-refractivity contribution in [1.29, 1.82) is 0 Å². The van der Waals surface area contributed by atoms with Gasteiger partial charge in [0.1, 0.15) is 5.82 Å². The first-order chi connectivity index (χ1) is 9.54. The minimum absolute atomic E-state index is 0.0213. The molecule has 1 amide bonds. The van der Waals surface area contributed by atoms with Crippen molar-refractivity contribution in [3.05, 3.63) is 16.4 Å². The molecule has 1 heterocycles. The van der Waals surface area contributed by atoms with Gasteiger partial charge in [0.2, 0.25) is 5.91 Å². The molecule has 4 N–H and O–H groups in total. The molecule has 0 aliphatic heterocycles. The van der Waals surface area contributed by atoms with Gasteiger partial charge in [-0.25, -0.2) is 4.98 Å². The van der Waals surface area contributed by atoms with Gasteiger partial charge in [-0.2, -0.15) is 0 Å². The summed E-state index contributed by atoms with van der Waals surface area (Å²) in [6.07, 6.45) is 5.71. The highest BCUT2D eigenvalue weighted by molar-refractivity contribution is 8.00. The molecule has 2 rings (SSSR count). The SMILES string of the molecule is C[C@H](Sc1nc(N)cc(=O)[nH]1)C(=O)NC1CCCCC1. The highest BCUT2D eigenvalue weighted by Crippen LogP contribution is 2.21. The molecular formula is C13H20N4O2S. The number of rotatable bonds is 4. The topological polar surface area (TPSA) is 101 Å². The molecular weight excluding hydrogens is 276 g/mol. The van der Waals surface area contributed by atoms with Crippen LogP contribution in [0.4, 0.5) is 5.82 Å². The fourth-order valence-electron chi connectivity index (χ4n) is 2.30. The number of thioether (sulfide) groups is 1. The number of hydrogen-bond donors (Lipinski definition) is 3. The van der Waals surface area contributed by atoms with E-state index in [1.165, 1.54) is 37.1 Å². The van der Waals surface area contributed by atoms with Gasteiger partial charge in [0, 0.05) is 12.1 Å². The predicted octanol–water partition coefficient (Wildman–Crippen LogP) is 1.28. The Hall–Kier alpha value is -1.50. The Balaban J connectivity index is 1.91. The maximum Gasteiger partial charge on any atom is 0.253 e. The summed E-state index contributed by atoms with van der Waals surface area (Å²) in [4.78, 5) is 30.0. The third-order valence-electron chi connectivity index (χ3n) is 3.35. The van der Waals surface area contributed by atoms with Crippen LogP contribution in [0.15, 0.2) is 16.0 Å². The minimum atomic E-state index is -0.318. The number of hydrogen-bond acceptors (Lipinski definition) is 5. The zero-order chi connectivity index (χ0) is 14.5. The molecule has 1 aliphatic rings. The van der Waals surface area contributed by atoms with Gasteiger partial charge in [-0.3, -0.25) is 9.59 Å². The first kappa shape index (κ1) is 14.9. The minimum Gasteiger partial charge on any atom is -0.383 e. The molecule has 1 aliphatic carbocycles. The monoisotopic (exact) mass is 296 g/mol. The van der Waals surface area contributed by atoms with Crippen molar-refractivity contribution in [3.8, 4) is 0 Å². The highest BCUT2D eigenvalue weighted by Gasteiger charge is 2.21. The molecule has 1 fully saturated rings. The number of amides is 1. The largest absolute Gasteiger partial charge is 0.383 e. The molecule has 0 unspecified atom stereocenters. The summed E-state index contributed by atoms with van der Waals surface area (Å²) in [5.41, 5.74) is 5.21. The van der Waals surface area contributed by atoms with Crippen LogP contribution in [0.25, 0.3) is 0 Å². The number of aromatic amines is 1. The second-order valence-corrected chi connectivity index (χ2v) is 6.41. The van der Waals surface area contributed by atoms with E-state index in [-0.39, 0.29) is 28.6 Å². The van der Waals surface area contributed by atoms with E-state index in [4.69, 9.17) is 5.73 Å². The number of carbonyl (C=O) groups is 1. The Bertz CT molecular complexity index is 525. The Morgan fingerprint density at radius 1 is 1.50 bits per heavy atom. The van der Waals surface area contributed by atoms with Crippen molar-refractivity contribution in [3.63, 3.8) is 0 Å². The van der Waals surface area contributed by atoms with Crippen LogP contribution in [-0.2, 0) is 4.79 Å². The van der Waals surface area contributed by atoms with Crippen LogP contribution in [0.2, 0.25) is 0 Å². The van der Waals surface area contributed by atoms with Gasteiger partial charge in [-0.15, -0.1) is 0 Å². The van der Waals surface area contributed by atoms with Crippen LogP contribution in [0.5, 0.6) is 0 Å². The van der Waals surface area contributed by atoms with Gasteiger partial charge in [0.15, 0.2) is 5.16 Å². The van der Waals surface area contributed by atoms with Gasteiger partial charge >= 0.3 is 0 Å². The molecule has 1 atom stereocenters. The highest BCUT2D eigenvalue weighted by atomic mass is 32.2. The molecule has 7 heteroatoms. The molecule has 1 aromatic rings. The van der Waals surface area contributed by atoms with E-state index in [1.54, 1.807) is 6.92 Å². The lowest BCUT2D eigenvalue weighted by Crippen LogP contribution is -2.40. The zero-order valence-electron chi connectivity index (χ0n) is 11.5. The summed E-state index contributed by atoms with van der Waals surface area (Å²) < 4.78 is 0. The zero-order valence-corrected chi connectivity index (χ0v) is 12.3. The smallest absolute Gasteiger partial charge is 0.253 e. The maximum atomic E-state index is 12.1. The van der Waals surface area contributed by atoms with Crippen LogP contribution >= 0.6 is 11.8 Å². The molecule has 110 valence electrons. The quantitative estimate of drug-likeness (QED) is 0.574. The average Bonchev–Trinajstić information content (AvgIpc) is 2.38. The number of nitrogen functional groups attached to an aromatic ring is 1. The lowest BCUT2D eigenvalue weighted by Gasteiger charge is -2.24. The normalized spacial score (nSPS) is 17.6. The standard InChI is InChI=1S/C13H20N4O2S/c1-8(12(19)15-9-5-3-2-4-6-9)20-13-16-10(14)7-11(18)17-13/h7-9H,2-6H2,1H3,(H,15,19)(H3,14,16,17,18)/t8-/m0/s1. The number of nitrogens with one attached hydrogen (secondary N) is 2. The summed E-state index contributed by atoms with van der Waals surface area (Å²) in [7, 11) is 0. The Labute approximate surface area is 121 Å². The van der Waals surface area contributed by atoms with E-state index in [2.05, 4.69) is 15.3 Å². The average molecular weight is 296 g/mol. The number of H-pyrrole nitrogens is 1. The first-order valence-corrected chi connectivity index (χ1v) is 7.76. The van der Waals surface area contributed by atoms with Crippen molar-refractivity contribution in [2.75, 3.05) is 5.73 Å². The van der Waals surface area contributed by atoms with Gasteiger partial charge < -0.3 is 16.0 Å². The molecule has 1 aromatic heterocycles. The number of anilines is 1. The second kappa shape index (κ2) is 6.78. The Kier molecular flexibility index (Phi) is 5.05. The summed E-state index contributed by atoms with van der Waals surface area (Å²) in [5.74, 6) is 0.142. The lowest BCUT2D eigenvalue weighted by atomic mass is 9.95. The number of carbonyl (C=O) groups excluding carboxylic acids is 1. The Morgan fingerprint density at radius 2 is 2.20 bits per heavy atom. The van der Waals surface area contributed by atoms with Crippen LogP contribution in [0, 0.1) is 0 Å². The van der Waals surface area contributed by atoms with E-state index in [0.29, 0.717) is 5.16 Å². The van der Waals surface area contributed by atoms with E-state index in [0.717, 1.165) is 12.8 Å². The second-order valence-electron chi connectivity index (χ2n) is 5.08. The third-order valence-corrected chi connectivity index (χ3v) is 4.33. The summed E-state index contributed by atoms with van der Waals surface area (Å²) in [5, 5.41) is 3.12. The fourth-order valence-corrected chi connectivity index (χ4v) is 3.12. The van der Waals surface area contributed by atoms with Crippen LogP contribution in [0.1, 0.15) is 39.0 Å². The van der Waals surface area contributed by atoms with Crippen molar-refractivity contribution in [2.24, 2.45) is 0 Å². The molecule has 0 bridgehead atoms. The molecule has 0 aromatic carbocycles. The van der Waals surface area contributed by atoms with Crippen LogP contribution in [-0.4, -0.2) is 27.2 Å².